The Morgan fingerprint density at radius 3 is 3.00 bits per heavy atom. The minimum Gasteiger partial charge on any atom is -0.397 e. The maximum absolute atomic E-state index is 13.4. The van der Waals surface area contributed by atoms with Crippen molar-refractivity contribution in [1.82, 2.24) is 0 Å². The number of nitrogen functional groups attached to an aromatic ring is 1. The van der Waals surface area contributed by atoms with E-state index in [1.54, 1.807) is 6.07 Å². The van der Waals surface area contributed by atoms with E-state index in [4.69, 9.17) is 10.5 Å². The van der Waals surface area contributed by atoms with Crippen molar-refractivity contribution in [1.29, 1.82) is 0 Å². The summed E-state index contributed by atoms with van der Waals surface area (Å²) < 4.78 is 19.4. The molecule has 1 fully saturated rings. The Morgan fingerprint density at radius 1 is 1.44 bits per heavy atom. The van der Waals surface area contributed by atoms with E-state index in [2.05, 4.69) is 21.2 Å². The van der Waals surface area contributed by atoms with E-state index in [-0.39, 0.29) is 5.82 Å². The summed E-state index contributed by atoms with van der Waals surface area (Å²) in [4.78, 5) is 0. The Hall–Kier alpha value is -0.810. The Bertz CT molecular complexity index is 408. The van der Waals surface area contributed by atoms with E-state index in [0.717, 1.165) is 32.4 Å². The average molecular weight is 317 g/mol. The van der Waals surface area contributed by atoms with Gasteiger partial charge in [-0.1, -0.05) is 0 Å². The van der Waals surface area contributed by atoms with Gasteiger partial charge in [0.25, 0.3) is 0 Å². The van der Waals surface area contributed by atoms with Crippen LogP contribution in [-0.2, 0) is 4.74 Å². The highest BCUT2D eigenvalue weighted by atomic mass is 79.9. The van der Waals surface area contributed by atoms with Crippen molar-refractivity contribution < 1.29 is 9.13 Å². The number of hydrogen-bond donors (Lipinski definition) is 2. The van der Waals surface area contributed by atoms with Crippen LogP contribution in [0.4, 0.5) is 15.8 Å². The molecular formula is C13H18BrFN2O. The van der Waals surface area contributed by atoms with Gasteiger partial charge in [-0.3, -0.25) is 0 Å². The Morgan fingerprint density at radius 2 is 2.28 bits per heavy atom. The predicted molar refractivity (Wildman–Crippen MR) is 75.2 cm³/mol. The molecular weight excluding hydrogens is 299 g/mol. The summed E-state index contributed by atoms with van der Waals surface area (Å²) in [5.74, 6) is -0.305. The first-order valence-corrected chi connectivity index (χ1v) is 7.06. The molecule has 1 aliphatic rings. The minimum absolute atomic E-state index is 0.305. The fourth-order valence-electron chi connectivity index (χ4n) is 2.12. The monoisotopic (exact) mass is 316 g/mol. The highest BCUT2D eigenvalue weighted by Gasteiger charge is 2.13. The first-order chi connectivity index (χ1) is 8.66. The van der Waals surface area contributed by atoms with Gasteiger partial charge in [0.2, 0.25) is 0 Å². The molecule has 1 heterocycles. The molecule has 1 aromatic carbocycles. The predicted octanol–water partition coefficient (Wildman–Crippen LogP) is 3.54. The summed E-state index contributed by atoms with van der Waals surface area (Å²) >= 11 is 3.11. The van der Waals surface area contributed by atoms with Crippen molar-refractivity contribution in [2.45, 2.75) is 31.8 Å². The van der Waals surface area contributed by atoms with Crippen LogP contribution < -0.4 is 11.1 Å². The van der Waals surface area contributed by atoms with Gasteiger partial charge in [-0.15, -0.1) is 0 Å². The number of halogens is 2. The van der Waals surface area contributed by atoms with E-state index >= 15 is 0 Å². The normalized spacial score (nSPS) is 19.8. The van der Waals surface area contributed by atoms with Crippen molar-refractivity contribution in [3.05, 3.63) is 22.4 Å². The molecule has 1 unspecified atom stereocenters. The van der Waals surface area contributed by atoms with Gasteiger partial charge in [0.1, 0.15) is 5.82 Å². The van der Waals surface area contributed by atoms with Crippen LogP contribution in [0.3, 0.4) is 0 Å². The lowest BCUT2D eigenvalue weighted by Crippen LogP contribution is -2.22. The van der Waals surface area contributed by atoms with E-state index in [1.165, 1.54) is 12.5 Å². The summed E-state index contributed by atoms with van der Waals surface area (Å²) in [5.41, 5.74) is 7.01. The zero-order valence-corrected chi connectivity index (χ0v) is 11.8. The molecule has 0 radical (unpaired) electrons. The number of benzene rings is 1. The highest BCUT2D eigenvalue weighted by molar-refractivity contribution is 9.10. The van der Waals surface area contributed by atoms with Crippen LogP contribution in [0.5, 0.6) is 0 Å². The number of ether oxygens (including phenoxy) is 1. The molecule has 3 N–H and O–H groups in total. The summed E-state index contributed by atoms with van der Waals surface area (Å²) in [6.45, 7) is 1.61. The molecule has 1 aliphatic heterocycles. The third kappa shape index (κ3) is 3.59. The van der Waals surface area contributed by atoms with E-state index in [0.29, 0.717) is 22.0 Å². The molecule has 0 aromatic heterocycles. The lowest BCUT2D eigenvalue weighted by molar-refractivity contribution is 0.0134. The number of rotatable bonds is 4. The first-order valence-electron chi connectivity index (χ1n) is 6.27. The average Bonchev–Trinajstić information content (AvgIpc) is 2.37. The minimum atomic E-state index is -0.305. The van der Waals surface area contributed by atoms with Crippen LogP contribution in [0, 0.1) is 5.82 Å². The SMILES string of the molecule is Nc1cc(Br)c(F)cc1NCCC1CCCCO1. The van der Waals surface area contributed by atoms with Gasteiger partial charge >= 0.3 is 0 Å². The number of nitrogens with one attached hydrogen (secondary N) is 1. The van der Waals surface area contributed by atoms with Gasteiger partial charge in [0.15, 0.2) is 0 Å². The standard InChI is InChI=1S/C13H18BrFN2O/c14-10-7-12(16)13(8-11(10)15)17-5-4-9-3-1-2-6-18-9/h7-9,17H,1-6,16H2. The summed E-state index contributed by atoms with van der Waals surface area (Å²) in [6.07, 6.45) is 4.77. The van der Waals surface area contributed by atoms with Gasteiger partial charge in [0, 0.05) is 19.2 Å². The highest BCUT2D eigenvalue weighted by Crippen LogP contribution is 2.26. The second kappa shape index (κ2) is 6.38. The maximum atomic E-state index is 13.4. The van der Waals surface area contributed by atoms with E-state index < -0.39 is 0 Å². The summed E-state index contributed by atoms with van der Waals surface area (Å²) in [6, 6.07) is 3.00. The molecule has 1 atom stereocenters. The molecule has 5 heteroatoms. The summed E-state index contributed by atoms with van der Waals surface area (Å²) in [5, 5.41) is 3.16. The molecule has 100 valence electrons. The van der Waals surface area contributed by atoms with Crippen LogP contribution in [0.15, 0.2) is 16.6 Å². The second-order valence-electron chi connectivity index (χ2n) is 4.56. The number of anilines is 2. The number of nitrogens with two attached hydrogens (primary N) is 1. The van der Waals surface area contributed by atoms with Gasteiger partial charge < -0.3 is 15.8 Å². The molecule has 1 saturated heterocycles. The van der Waals surface area contributed by atoms with E-state index in [1.807, 2.05) is 0 Å². The van der Waals surface area contributed by atoms with Crippen LogP contribution in [0.25, 0.3) is 0 Å². The Balaban J connectivity index is 1.84. The molecule has 0 bridgehead atoms. The first kappa shape index (κ1) is 13.6. The Labute approximate surface area is 115 Å². The van der Waals surface area contributed by atoms with Gasteiger partial charge in [-0.2, -0.15) is 0 Å². The summed E-state index contributed by atoms with van der Waals surface area (Å²) in [7, 11) is 0. The molecule has 0 aliphatic carbocycles. The third-order valence-corrected chi connectivity index (χ3v) is 3.76. The molecule has 2 rings (SSSR count). The third-order valence-electron chi connectivity index (χ3n) is 3.15. The lowest BCUT2D eigenvalue weighted by atomic mass is 10.1. The van der Waals surface area contributed by atoms with E-state index in [9.17, 15) is 4.39 Å². The van der Waals surface area contributed by atoms with Crippen LogP contribution in [0.2, 0.25) is 0 Å². The largest absolute Gasteiger partial charge is 0.397 e. The molecule has 18 heavy (non-hydrogen) atoms. The molecule has 0 spiro atoms. The van der Waals surface area contributed by atoms with Gasteiger partial charge in [-0.25, -0.2) is 4.39 Å². The van der Waals surface area contributed by atoms with Crippen LogP contribution in [-0.4, -0.2) is 19.3 Å². The quantitative estimate of drug-likeness (QED) is 0.835. The maximum Gasteiger partial charge on any atom is 0.139 e. The smallest absolute Gasteiger partial charge is 0.139 e. The van der Waals surface area contributed by atoms with Crippen molar-refractivity contribution >= 4 is 27.3 Å². The fourth-order valence-corrected chi connectivity index (χ4v) is 2.48. The van der Waals surface area contributed by atoms with Crippen LogP contribution in [0.1, 0.15) is 25.7 Å². The molecule has 0 amide bonds. The van der Waals surface area contributed by atoms with Crippen molar-refractivity contribution in [3.8, 4) is 0 Å². The molecule has 0 saturated carbocycles. The topological polar surface area (TPSA) is 47.3 Å². The zero-order valence-electron chi connectivity index (χ0n) is 10.2. The number of hydrogen-bond acceptors (Lipinski definition) is 3. The second-order valence-corrected chi connectivity index (χ2v) is 5.41. The molecule has 1 aromatic rings. The fraction of sp³-hybridized carbons (Fsp3) is 0.538. The van der Waals surface area contributed by atoms with Crippen LogP contribution >= 0.6 is 15.9 Å². The zero-order chi connectivity index (χ0) is 13.0. The van der Waals surface area contributed by atoms with Gasteiger partial charge in [-0.05, 0) is 47.7 Å². The van der Waals surface area contributed by atoms with Crippen molar-refractivity contribution in [3.63, 3.8) is 0 Å². The molecule has 3 nitrogen and oxygen atoms in total. The Kier molecular flexibility index (Phi) is 4.83. The van der Waals surface area contributed by atoms with Crippen molar-refractivity contribution in [2.75, 3.05) is 24.2 Å². The van der Waals surface area contributed by atoms with Gasteiger partial charge in [0.05, 0.1) is 22.0 Å². The van der Waals surface area contributed by atoms with Crippen molar-refractivity contribution in [2.24, 2.45) is 0 Å². The lowest BCUT2D eigenvalue weighted by Gasteiger charge is -2.22.